The number of hydrogen-bond acceptors (Lipinski definition) is 10. The maximum atomic E-state index is 10.8. The van der Waals surface area contributed by atoms with Gasteiger partial charge >= 0.3 is 23.9 Å². The van der Waals surface area contributed by atoms with Gasteiger partial charge in [0.15, 0.2) is 17.1 Å². The van der Waals surface area contributed by atoms with Crippen LogP contribution in [0.15, 0.2) is 67.9 Å². The third kappa shape index (κ3) is 12.0. The van der Waals surface area contributed by atoms with Crippen molar-refractivity contribution in [3.05, 3.63) is 107 Å². The van der Waals surface area contributed by atoms with Gasteiger partial charge in [-0.2, -0.15) is 0 Å². The molecule has 0 fully saturated rings. The lowest BCUT2D eigenvalue weighted by atomic mass is 10.3. The normalized spacial score (nSPS) is 9.18. The number of rotatable bonds is 4. The molecule has 0 aliphatic heterocycles. The van der Waals surface area contributed by atoms with Gasteiger partial charge in [0.05, 0.1) is 34.3 Å². The van der Waals surface area contributed by atoms with Crippen molar-refractivity contribution in [1.29, 1.82) is 0 Å². The first-order valence-electron chi connectivity index (χ1n) is 10.4. The molecule has 0 aromatic carbocycles. The summed E-state index contributed by atoms with van der Waals surface area (Å²) in [6.07, 6.45) is 11.8. The van der Waals surface area contributed by atoms with Gasteiger partial charge in [0, 0.05) is 42.8 Å². The summed E-state index contributed by atoms with van der Waals surface area (Å²) in [5, 5.41) is 33.4. The molecule has 16 heteroatoms. The van der Waals surface area contributed by atoms with Crippen molar-refractivity contribution in [2.24, 2.45) is 0 Å². The Kier molecular flexibility index (Phi) is 12.7. The van der Waals surface area contributed by atoms with Crippen molar-refractivity contribution < 1.29 is 44.0 Å². The van der Waals surface area contributed by atoms with Crippen molar-refractivity contribution >= 4 is 23.9 Å². The average Bonchev–Trinajstić information content (AvgIpc) is 2.92. The van der Waals surface area contributed by atoms with Crippen LogP contribution in [0.5, 0.6) is 0 Å². The number of nitrogens with one attached hydrogen (secondary N) is 1. The van der Waals surface area contributed by atoms with E-state index in [1.165, 1.54) is 55.6 Å². The van der Waals surface area contributed by atoms with Gasteiger partial charge in [-0.3, -0.25) is 15.0 Å². The fourth-order valence-corrected chi connectivity index (χ4v) is 2.02. The van der Waals surface area contributed by atoms with Gasteiger partial charge in [-0.15, -0.1) is 0 Å². The van der Waals surface area contributed by atoms with Crippen LogP contribution in [0.4, 0.5) is 0 Å². The van der Waals surface area contributed by atoms with Crippen LogP contribution in [0.25, 0.3) is 0 Å². The number of aromatic carboxylic acids is 4. The minimum absolute atomic E-state index is 0.0226. The van der Waals surface area contributed by atoms with Crippen LogP contribution in [-0.2, 0) is 0 Å². The lowest BCUT2D eigenvalue weighted by Crippen LogP contribution is -2.21. The summed E-state index contributed by atoms with van der Waals surface area (Å²) in [6.45, 7) is 3.33. The van der Waals surface area contributed by atoms with Crippen molar-refractivity contribution in [3.63, 3.8) is 0 Å². The molecule has 0 bridgehead atoms. The first-order valence-corrected chi connectivity index (χ1v) is 10.4. The second-order valence-electron chi connectivity index (χ2n) is 6.89. The van der Waals surface area contributed by atoms with Gasteiger partial charge in [-0.1, -0.05) is 0 Å². The fourth-order valence-electron chi connectivity index (χ4n) is 2.02. The van der Waals surface area contributed by atoms with E-state index in [2.05, 4.69) is 29.9 Å². The standard InChI is InChI=1S/C6H6N2O3.C6H6N2O2.C6H5NO2.C5H4N2O2/c1-4-2-7-5(6(9)10)3-8(4)11;1-4-2-8-5(3-7-4)6(9)10;8-6(9)5-2-1-3-7-4-5;8-5(9)4-3-6-1-2-7-4/h2-3H,1H3,(H-,7,9,10,11);2-3H,1H3,(H,9,10);1-4H,(H,8,9);1-3H,(H,8,9)/p+1. The molecule has 39 heavy (non-hydrogen) atoms. The number of carboxylic acids is 4. The Morgan fingerprint density at radius 2 is 1.38 bits per heavy atom. The summed E-state index contributed by atoms with van der Waals surface area (Å²) in [5.74, 6) is -4.19. The van der Waals surface area contributed by atoms with E-state index < -0.39 is 23.9 Å². The Labute approximate surface area is 219 Å². The number of hydrogen-bond donors (Lipinski definition) is 5. The first-order chi connectivity index (χ1) is 18.4. The number of pyridine rings is 1. The Balaban J connectivity index is 0.000000261. The minimum Gasteiger partial charge on any atom is -0.478 e. The molecular formula is C23H22N7O9+. The van der Waals surface area contributed by atoms with Crippen molar-refractivity contribution in [2.75, 3.05) is 0 Å². The number of carboxylic acid groups (broad SMARTS) is 4. The first kappa shape index (κ1) is 31.1. The number of aromatic amines is 1. The summed E-state index contributed by atoms with van der Waals surface area (Å²) in [7, 11) is 0. The van der Waals surface area contributed by atoms with Gasteiger partial charge in [0.1, 0.15) is 0 Å². The molecule has 0 spiro atoms. The summed E-state index contributed by atoms with van der Waals surface area (Å²) in [5.41, 5.74) is 1.19. The SMILES string of the molecule is Cc1c[nH]c(C(=O)O)c[n+]1=O.Cc1cnc(C(=O)O)cn1.O=C(O)c1cccnc1.O=C(O)c1cnccn1. The molecule has 0 radical (unpaired) electrons. The molecule has 0 atom stereocenters. The third-order valence-electron chi connectivity index (χ3n) is 3.95. The molecule has 0 aliphatic carbocycles. The van der Waals surface area contributed by atoms with Gasteiger partial charge < -0.3 is 25.4 Å². The van der Waals surface area contributed by atoms with Crippen molar-refractivity contribution in [3.8, 4) is 0 Å². The number of nitrogens with zero attached hydrogens (tertiary/aromatic N) is 6. The van der Waals surface area contributed by atoms with Crippen molar-refractivity contribution in [2.45, 2.75) is 13.8 Å². The Morgan fingerprint density at radius 3 is 1.77 bits per heavy atom. The zero-order valence-corrected chi connectivity index (χ0v) is 20.4. The monoisotopic (exact) mass is 540 g/mol. The summed E-state index contributed by atoms with van der Waals surface area (Å²) in [6, 6.07) is 3.08. The van der Waals surface area contributed by atoms with Gasteiger partial charge in [0.25, 0.3) is 11.9 Å². The predicted molar refractivity (Wildman–Crippen MR) is 130 cm³/mol. The van der Waals surface area contributed by atoms with E-state index in [0.29, 0.717) is 15.8 Å². The van der Waals surface area contributed by atoms with Crippen LogP contribution >= 0.6 is 0 Å². The molecule has 0 saturated heterocycles. The van der Waals surface area contributed by atoms with Crippen LogP contribution in [0.1, 0.15) is 53.2 Å². The topological polar surface area (TPSA) is 252 Å². The van der Waals surface area contributed by atoms with E-state index >= 15 is 0 Å². The zero-order valence-electron chi connectivity index (χ0n) is 20.4. The highest BCUT2D eigenvalue weighted by Crippen LogP contribution is 1.94. The lowest BCUT2D eigenvalue weighted by Gasteiger charge is -1.91. The van der Waals surface area contributed by atoms with Gasteiger partial charge in [-0.05, 0) is 19.1 Å². The van der Waals surface area contributed by atoms with E-state index in [1.807, 2.05) is 0 Å². The van der Waals surface area contributed by atoms with E-state index in [-0.39, 0.29) is 22.6 Å². The highest BCUT2D eigenvalue weighted by molar-refractivity contribution is 5.87. The molecule has 4 heterocycles. The fraction of sp³-hybridized carbons (Fsp3) is 0.0870. The van der Waals surface area contributed by atoms with Crippen LogP contribution < -0.4 is 4.43 Å². The number of H-pyrrole nitrogens is 1. The maximum absolute atomic E-state index is 10.8. The molecule has 0 amide bonds. The lowest BCUT2D eigenvalue weighted by molar-refractivity contribution is -0.503. The quantitative estimate of drug-likeness (QED) is 0.229. The predicted octanol–water partition coefficient (Wildman–Crippen LogP) is 1.37. The van der Waals surface area contributed by atoms with Crippen LogP contribution in [0.3, 0.4) is 0 Å². The molecule has 4 rings (SSSR count). The van der Waals surface area contributed by atoms with Gasteiger partial charge in [0.2, 0.25) is 0 Å². The third-order valence-corrected chi connectivity index (χ3v) is 3.95. The van der Waals surface area contributed by atoms with Gasteiger partial charge in [-0.25, -0.2) is 29.1 Å². The molecule has 202 valence electrons. The molecule has 0 aliphatic rings. The maximum Gasteiger partial charge on any atom is 0.358 e. The molecule has 4 aromatic rings. The summed E-state index contributed by atoms with van der Waals surface area (Å²) in [4.78, 5) is 72.1. The van der Waals surface area contributed by atoms with Crippen LogP contribution in [0, 0.1) is 18.8 Å². The molecule has 0 saturated carbocycles. The zero-order chi connectivity index (χ0) is 29.4. The molecule has 4 aromatic heterocycles. The average molecular weight is 540 g/mol. The smallest absolute Gasteiger partial charge is 0.358 e. The Bertz CT molecular complexity index is 1400. The summed E-state index contributed by atoms with van der Waals surface area (Å²) >= 11 is 0. The van der Waals surface area contributed by atoms with E-state index in [0.717, 1.165) is 6.20 Å². The molecule has 16 nitrogen and oxygen atoms in total. The van der Waals surface area contributed by atoms with E-state index in [4.69, 9.17) is 20.4 Å². The molecular weight excluding hydrogens is 518 g/mol. The Morgan fingerprint density at radius 1 is 0.744 bits per heavy atom. The van der Waals surface area contributed by atoms with E-state index in [9.17, 15) is 24.1 Å². The Hall–Kier alpha value is -5.93. The molecule has 0 unspecified atom stereocenters. The number of carbonyl (C=O) groups is 4. The van der Waals surface area contributed by atoms with Crippen LogP contribution in [0.2, 0.25) is 0 Å². The highest BCUT2D eigenvalue weighted by Gasteiger charge is 2.10. The van der Waals surface area contributed by atoms with Crippen LogP contribution in [-0.4, -0.2) is 74.2 Å². The second kappa shape index (κ2) is 15.9. The highest BCUT2D eigenvalue weighted by atomic mass is 16.4. The number of aromatic nitrogens is 7. The second-order valence-corrected chi connectivity index (χ2v) is 6.89. The largest absolute Gasteiger partial charge is 0.478 e. The molecule has 5 N–H and O–H groups in total. The summed E-state index contributed by atoms with van der Waals surface area (Å²) < 4.78 is 0.500. The minimum atomic E-state index is -1.14. The van der Waals surface area contributed by atoms with E-state index in [1.54, 1.807) is 19.9 Å². The van der Waals surface area contributed by atoms with Crippen molar-refractivity contribution in [1.82, 2.24) is 29.9 Å². The number of aryl methyl sites for hydroxylation is 2.